The Morgan fingerprint density at radius 1 is 1.33 bits per heavy atom. The number of nitrogens with one attached hydrogen (secondary N) is 2. The lowest BCUT2D eigenvalue weighted by atomic mass is 10.1. The van der Waals surface area contributed by atoms with E-state index in [4.69, 9.17) is 4.74 Å². The maximum absolute atomic E-state index is 5.46. The van der Waals surface area contributed by atoms with Crippen molar-refractivity contribution >= 4 is 0 Å². The minimum absolute atomic E-state index is 0.0262. The van der Waals surface area contributed by atoms with Crippen molar-refractivity contribution in [2.45, 2.75) is 19.9 Å². The summed E-state index contributed by atoms with van der Waals surface area (Å²) < 4.78 is 5.46. The minimum Gasteiger partial charge on any atom is -0.492 e. The van der Waals surface area contributed by atoms with Crippen molar-refractivity contribution in [3.05, 3.63) is 35.9 Å². The summed E-state index contributed by atoms with van der Waals surface area (Å²) in [4.78, 5) is 4.19. The van der Waals surface area contributed by atoms with Crippen molar-refractivity contribution in [3.63, 3.8) is 0 Å². The summed E-state index contributed by atoms with van der Waals surface area (Å²) in [7, 11) is 0. The first-order valence-electron chi connectivity index (χ1n) is 6.02. The van der Waals surface area contributed by atoms with Gasteiger partial charge >= 0.3 is 0 Å². The zero-order chi connectivity index (χ0) is 12.8. The molecule has 0 saturated heterocycles. The van der Waals surface area contributed by atoms with Gasteiger partial charge in [0.15, 0.2) is 0 Å². The highest BCUT2D eigenvalue weighted by Gasteiger charge is 2.16. The maximum Gasteiger partial charge on any atom is 0.137 e. The van der Waals surface area contributed by atoms with Gasteiger partial charge in [-0.25, -0.2) is 0 Å². The number of aromatic nitrogens is 4. The molecule has 0 saturated carbocycles. The third-order valence-electron chi connectivity index (χ3n) is 2.52. The molecule has 96 valence electrons. The highest BCUT2D eigenvalue weighted by Crippen LogP contribution is 2.22. The number of rotatable bonds is 6. The zero-order valence-electron chi connectivity index (χ0n) is 10.6. The minimum atomic E-state index is -0.0262. The summed E-state index contributed by atoms with van der Waals surface area (Å²) in [5.74, 6) is 0.765. The van der Waals surface area contributed by atoms with Crippen LogP contribution in [0.2, 0.25) is 0 Å². The van der Waals surface area contributed by atoms with E-state index in [-0.39, 0.29) is 6.04 Å². The van der Waals surface area contributed by atoms with Crippen molar-refractivity contribution in [3.8, 4) is 5.75 Å². The van der Waals surface area contributed by atoms with E-state index in [0.29, 0.717) is 6.61 Å². The van der Waals surface area contributed by atoms with Gasteiger partial charge in [0, 0.05) is 6.20 Å². The fraction of sp³-hybridized carbons (Fsp3) is 0.417. The van der Waals surface area contributed by atoms with Crippen LogP contribution in [-0.2, 0) is 0 Å². The summed E-state index contributed by atoms with van der Waals surface area (Å²) in [6.07, 6.45) is 5.23. The average molecular weight is 247 g/mol. The highest BCUT2D eigenvalue weighted by molar-refractivity contribution is 5.30. The monoisotopic (exact) mass is 247 g/mol. The number of hydrogen-bond donors (Lipinski definition) is 2. The fourth-order valence-corrected chi connectivity index (χ4v) is 1.79. The Bertz CT molecular complexity index is 471. The van der Waals surface area contributed by atoms with Crippen LogP contribution in [0, 0.1) is 0 Å². The predicted molar refractivity (Wildman–Crippen MR) is 67.3 cm³/mol. The highest BCUT2D eigenvalue weighted by atomic mass is 16.5. The first-order chi connectivity index (χ1) is 8.85. The van der Waals surface area contributed by atoms with Crippen molar-refractivity contribution in [1.82, 2.24) is 25.7 Å². The number of H-pyrrole nitrogens is 1. The molecular weight excluding hydrogens is 230 g/mol. The molecule has 1 atom stereocenters. The molecule has 1 unspecified atom stereocenters. The molecular formula is C12H17N5O. The van der Waals surface area contributed by atoms with Crippen molar-refractivity contribution < 1.29 is 4.74 Å². The van der Waals surface area contributed by atoms with Crippen molar-refractivity contribution in [2.75, 3.05) is 13.2 Å². The Kier molecular flexibility index (Phi) is 4.25. The second-order valence-electron chi connectivity index (χ2n) is 3.77. The van der Waals surface area contributed by atoms with Crippen LogP contribution in [0.1, 0.15) is 31.1 Å². The van der Waals surface area contributed by atoms with Gasteiger partial charge in [0.1, 0.15) is 11.4 Å². The number of hydrogen-bond acceptors (Lipinski definition) is 5. The van der Waals surface area contributed by atoms with Gasteiger partial charge in [0.05, 0.1) is 25.0 Å². The van der Waals surface area contributed by atoms with E-state index in [0.717, 1.165) is 23.6 Å². The molecule has 6 heteroatoms. The van der Waals surface area contributed by atoms with Crippen LogP contribution in [-0.4, -0.2) is 33.5 Å². The number of pyridine rings is 1. The molecule has 18 heavy (non-hydrogen) atoms. The van der Waals surface area contributed by atoms with Crippen LogP contribution in [0.4, 0.5) is 0 Å². The maximum atomic E-state index is 5.46. The van der Waals surface area contributed by atoms with Crippen LogP contribution < -0.4 is 10.1 Å². The number of aromatic amines is 1. The van der Waals surface area contributed by atoms with E-state index >= 15 is 0 Å². The second kappa shape index (κ2) is 6.11. The van der Waals surface area contributed by atoms with E-state index < -0.39 is 0 Å². The molecule has 2 rings (SSSR count). The van der Waals surface area contributed by atoms with Gasteiger partial charge < -0.3 is 10.1 Å². The van der Waals surface area contributed by atoms with Gasteiger partial charge in [-0.05, 0) is 25.1 Å². The lowest BCUT2D eigenvalue weighted by Gasteiger charge is -2.16. The van der Waals surface area contributed by atoms with Gasteiger partial charge in [0.2, 0.25) is 0 Å². The molecule has 2 N–H and O–H groups in total. The van der Waals surface area contributed by atoms with Gasteiger partial charge in [-0.1, -0.05) is 6.92 Å². The lowest BCUT2D eigenvalue weighted by Crippen LogP contribution is -2.22. The Labute approximate surface area is 106 Å². The predicted octanol–water partition coefficient (Wildman–Crippen LogP) is 1.30. The Hall–Kier alpha value is -1.95. The summed E-state index contributed by atoms with van der Waals surface area (Å²) in [6, 6.07) is 1.94. The molecule has 0 bridgehead atoms. The SMILES string of the molecule is CCNC(c1cncc(OCC)c1)c1cn[nH]n1. The van der Waals surface area contributed by atoms with Crippen LogP contribution in [0.5, 0.6) is 5.75 Å². The zero-order valence-corrected chi connectivity index (χ0v) is 10.6. The smallest absolute Gasteiger partial charge is 0.137 e. The number of nitrogens with zero attached hydrogens (tertiary/aromatic N) is 3. The third kappa shape index (κ3) is 2.84. The Morgan fingerprint density at radius 3 is 2.89 bits per heavy atom. The van der Waals surface area contributed by atoms with Gasteiger partial charge in [-0.2, -0.15) is 15.4 Å². The van der Waals surface area contributed by atoms with Crippen molar-refractivity contribution in [2.24, 2.45) is 0 Å². The van der Waals surface area contributed by atoms with E-state index in [1.54, 1.807) is 12.4 Å². The summed E-state index contributed by atoms with van der Waals surface area (Å²) >= 11 is 0. The molecule has 6 nitrogen and oxygen atoms in total. The Morgan fingerprint density at radius 2 is 2.22 bits per heavy atom. The molecule has 0 spiro atoms. The molecule has 0 aliphatic heterocycles. The molecule has 0 radical (unpaired) electrons. The molecule has 0 fully saturated rings. The van der Waals surface area contributed by atoms with E-state index in [1.165, 1.54) is 0 Å². The molecule has 0 aliphatic carbocycles. The van der Waals surface area contributed by atoms with E-state index in [2.05, 4.69) is 25.7 Å². The first-order valence-corrected chi connectivity index (χ1v) is 6.02. The second-order valence-corrected chi connectivity index (χ2v) is 3.77. The quantitative estimate of drug-likeness (QED) is 0.804. The van der Waals surface area contributed by atoms with Gasteiger partial charge in [-0.3, -0.25) is 4.98 Å². The number of ether oxygens (including phenoxy) is 1. The van der Waals surface area contributed by atoms with Crippen molar-refractivity contribution in [1.29, 1.82) is 0 Å². The fourth-order valence-electron chi connectivity index (χ4n) is 1.79. The third-order valence-corrected chi connectivity index (χ3v) is 2.52. The summed E-state index contributed by atoms with van der Waals surface area (Å²) in [5, 5.41) is 13.9. The van der Waals surface area contributed by atoms with Gasteiger partial charge in [0.25, 0.3) is 0 Å². The molecule has 2 aromatic rings. The average Bonchev–Trinajstić information content (AvgIpc) is 2.90. The summed E-state index contributed by atoms with van der Waals surface area (Å²) in [5.41, 5.74) is 1.85. The topological polar surface area (TPSA) is 75.7 Å². The lowest BCUT2D eigenvalue weighted by molar-refractivity contribution is 0.338. The van der Waals surface area contributed by atoms with Crippen LogP contribution >= 0.6 is 0 Å². The standard InChI is InChI=1S/C12H17N5O/c1-3-14-12(11-8-15-17-16-11)9-5-10(18-4-2)7-13-6-9/h5-8,12,14H,3-4H2,1-2H3,(H,15,16,17). The van der Waals surface area contributed by atoms with E-state index in [9.17, 15) is 0 Å². The largest absolute Gasteiger partial charge is 0.492 e. The first kappa shape index (κ1) is 12.5. The molecule has 0 amide bonds. The van der Waals surface area contributed by atoms with Crippen LogP contribution in [0.3, 0.4) is 0 Å². The van der Waals surface area contributed by atoms with Crippen LogP contribution in [0.15, 0.2) is 24.7 Å². The molecule has 2 aromatic heterocycles. The molecule has 0 aliphatic rings. The van der Waals surface area contributed by atoms with Gasteiger partial charge in [-0.15, -0.1) is 0 Å². The van der Waals surface area contributed by atoms with E-state index in [1.807, 2.05) is 26.1 Å². The molecule has 2 heterocycles. The summed E-state index contributed by atoms with van der Waals surface area (Å²) in [6.45, 7) is 5.45. The normalized spacial score (nSPS) is 12.3. The molecule has 0 aromatic carbocycles. The van der Waals surface area contributed by atoms with Crippen LogP contribution in [0.25, 0.3) is 0 Å². The Balaban J connectivity index is 2.27.